The van der Waals surface area contributed by atoms with Gasteiger partial charge in [-0.2, -0.15) is 0 Å². The van der Waals surface area contributed by atoms with Crippen LogP contribution >= 0.6 is 0 Å². The highest BCUT2D eigenvalue weighted by Gasteiger charge is 2.33. The molecule has 0 aliphatic rings. The molecule has 3 aromatic carbocycles. The molecule has 214 valence electrons. The first-order valence-electron chi connectivity index (χ1n) is 12.6. The molecule has 0 heterocycles. The Morgan fingerprint density at radius 2 is 1.65 bits per heavy atom. The van der Waals surface area contributed by atoms with E-state index in [1.165, 1.54) is 49.5 Å². The maximum atomic E-state index is 13.9. The first kappa shape index (κ1) is 30.4. The van der Waals surface area contributed by atoms with Crippen LogP contribution in [0.15, 0.2) is 71.6 Å². The van der Waals surface area contributed by atoms with Gasteiger partial charge in [0.1, 0.15) is 18.4 Å². The third-order valence-electron chi connectivity index (χ3n) is 6.29. The summed E-state index contributed by atoms with van der Waals surface area (Å²) < 4.78 is 53.0. The number of carbonyl (C=O) groups is 2. The van der Waals surface area contributed by atoms with E-state index < -0.39 is 34.3 Å². The van der Waals surface area contributed by atoms with Crippen LogP contribution in [0.4, 0.5) is 10.1 Å². The van der Waals surface area contributed by atoms with Crippen molar-refractivity contribution in [3.05, 3.63) is 83.7 Å². The van der Waals surface area contributed by atoms with Gasteiger partial charge in [0.05, 0.1) is 24.8 Å². The summed E-state index contributed by atoms with van der Waals surface area (Å²) >= 11 is 0. The molecule has 0 spiro atoms. The zero-order valence-electron chi connectivity index (χ0n) is 23.2. The Morgan fingerprint density at radius 3 is 2.25 bits per heavy atom. The Hall–Kier alpha value is -4.12. The summed E-state index contributed by atoms with van der Waals surface area (Å²) in [5.41, 5.74) is 1.82. The molecule has 40 heavy (non-hydrogen) atoms. The molecule has 0 radical (unpaired) electrons. The van der Waals surface area contributed by atoms with Gasteiger partial charge in [-0.05, 0) is 62.7 Å². The monoisotopic (exact) mass is 571 g/mol. The highest BCUT2D eigenvalue weighted by Crippen LogP contribution is 2.32. The van der Waals surface area contributed by atoms with Crippen molar-refractivity contribution in [3.63, 3.8) is 0 Å². The number of anilines is 1. The second kappa shape index (κ2) is 13.3. The molecule has 0 aliphatic heterocycles. The minimum atomic E-state index is -4.36. The fourth-order valence-electron chi connectivity index (χ4n) is 4.15. The lowest BCUT2D eigenvalue weighted by Crippen LogP contribution is -2.51. The molecule has 1 unspecified atom stereocenters. The summed E-state index contributed by atoms with van der Waals surface area (Å²) in [6, 6.07) is 15.4. The van der Waals surface area contributed by atoms with Gasteiger partial charge in [-0.3, -0.25) is 13.9 Å². The highest BCUT2D eigenvalue weighted by molar-refractivity contribution is 7.92. The molecule has 0 bridgehead atoms. The van der Waals surface area contributed by atoms with Gasteiger partial charge in [0, 0.05) is 19.2 Å². The SMILES string of the molecule is CCNC(=O)C(C)N(Cc1cccc(C)c1)C(=O)CN(c1ccc(F)cc1)S(=O)(=O)c1ccc(OC)c(OC)c1. The van der Waals surface area contributed by atoms with Crippen molar-refractivity contribution in [3.8, 4) is 11.5 Å². The third-order valence-corrected chi connectivity index (χ3v) is 8.06. The molecule has 0 saturated carbocycles. The number of amides is 2. The Morgan fingerprint density at radius 1 is 0.975 bits per heavy atom. The van der Waals surface area contributed by atoms with Gasteiger partial charge in [-0.15, -0.1) is 0 Å². The predicted octanol–water partition coefficient (Wildman–Crippen LogP) is 3.90. The van der Waals surface area contributed by atoms with E-state index in [0.29, 0.717) is 12.3 Å². The molecule has 3 aromatic rings. The van der Waals surface area contributed by atoms with Gasteiger partial charge < -0.3 is 19.7 Å². The summed E-state index contributed by atoms with van der Waals surface area (Å²) in [4.78, 5) is 27.8. The third kappa shape index (κ3) is 7.09. The van der Waals surface area contributed by atoms with Gasteiger partial charge in [-0.1, -0.05) is 29.8 Å². The Bertz CT molecular complexity index is 1450. The molecule has 1 atom stereocenters. The largest absolute Gasteiger partial charge is 0.493 e. The molecule has 0 aromatic heterocycles. The van der Waals surface area contributed by atoms with Crippen LogP contribution in [-0.4, -0.2) is 58.5 Å². The molecule has 0 aliphatic carbocycles. The summed E-state index contributed by atoms with van der Waals surface area (Å²) in [7, 11) is -1.56. The normalized spacial score (nSPS) is 11.8. The first-order chi connectivity index (χ1) is 19.0. The van der Waals surface area contributed by atoms with E-state index in [9.17, 15) is 22.4 Å². The molecular formula is C29H34FN3O6S. The molecule has 2 amide bonds. The maximum Gasteiger partial charge on any atom is 0.264 e. The van der Waals surface area contributed by atoms with Gasteiger partial charge in [-0.25, -0.2) is 12.8 Å². The zero-order chi connectivity index (χ0) is 29.4. The van der Waals surface area contributed by atoms with Crippen molar-refractivity contribution in [2.45, 2.75) is 38.3 Å². The summed E-state index contributed by atoms with van der Waals surface area (Å²) in [6.07, 6.45) is 0. The Labute approximate surface area is 234 Å². The lowest BCUT2D eigenvalue weighted by Gasteiger charge is -2.32. The summed E-state index contributed by atoms with van der Waals surface area (Å²) in [6.45, 7) is 5.07. The second-order valence-corrected chi connectivity index (χ2v) is 10.9. The maximum absolute atomic E-state index is 13.9. The Balaban J connectivity index is 2.07. The van der Waals surface area contributed by atoms with E-state index in [4.69, 9.17) is 9.47 Å². The molecule has 0 saturated heterocycles. The minimum absolute atomic E-state index is 0.0747. The van der Waals surface area contributed by atoms with Crippen molar-refractivity contribution < 1.29 is 31.9 Å². The lowest BCUT2D eigenvalue weighted by molar-refractivity contribution is -0.139. The predicted molar refractivity (Wildman–Crippen MR) is 150 cm³/mol. The van der Waals surface area contributed by atoms with E-state index >= 15 is 0 Å². The molecule has 3 rings (SSSR count). The van der Waals surface area contributed by atoms with Crippen molar-refractivity contribution in [1.82, 2.24) is 10.2 Å². The number of halogens is 1. The number of likely N-dealkylation sites (N-methyl/N-ethyl adjacent to an activating group) is 1. The van der Waals surface area contributed by atoms with Crippen molar-refractivity contribution in [2.24, 2.45) is 0 Å². The van der Waals surface area contributed by atoms with E-state index in [0.717, 1.165) is 27.6 Å². The van der Waals surface area contributed by atoms with Crippen LogP contribution in [0.2, 0.25) is 0 Å². The molecular weight excluding hydrogens is 537 g/mol. The number of ether oxygens (including phenoxy) is 2. The Kier molecular flexibility index (Phi) is 10.1. The molecule has 1 N–H and O–H groups in total. The first-order valence-corrected chi connectivity index (χ1v) is 14.1. The lowest BCUT2D eigenvalue weighted by atomic mass is 10.1. The number of rotatable bonds is 12. The van der Waals surface area contributed by atoms with Gasteiger partial charge in [0.15, 0.2) is 11.5 Å². The van der Waals surface area contributed by atoms with Crippen LogP contribution in [0, 0.1) is 12.7 Å². The minimum Gasteiger partial charge on any atom is -0.493 e. The second-order valence-electron chi connectivity index (χ2n) is 9.09. The van der Waals surface area contributed by atoms with Gasteiger partial charge in [0.25, 0.3) is 10.0 Å². The van der Waals surface area contributed by atoms with Crippen LogP contribution < -0.4 is 19.1 Å². The smallest absolute Gasteiger partial charge is 0.264 e. The van der Waals surface area contributed by atoms with E-state index in [-0.39, 0.29) is 28.8 Å². The number of carbonyl (C=O) groups excluding carboxylic acids is 2. The fraction of sp³-hybridized carbons (Fsp3) is 0.310. The number of sulfonamides is 1. The number of benzene rings is 3. The average Bonchev–Trinajstić information content (AvgIpc) is 2.94. The summed E-state index contributed by atoms with van der Waals surface area (Å²) in [5.74, 6) is -1.05. The number of hydrogen-bond acceptors (Lipinski definition) is 6. The topological polar surface area (TPSA) is 105 Å². The number of hydrogen-bond donors (Lipinski definition) is 1. The van der Waals surface area contributed by atoms with Crippen LogP contribution in [0.25, 0.3) is 0 Å². The van der Waals surface area contributed by atoms with Crippen molar-refractivity contribution in [1.29, 1.82) is 0 Å². The van der Waals surface area contributed by atoms with E-state index in [2.05, 4.69) is 5.32 Å². The number of nitrogens with zero attached hydrogens (tertiary/aromatic N) is 2. The van der Waals surface area contributed by atoms with Crippen LogP contribution in [-0.2, 0) is 26.2 Å². The number of methoxy groups -OCH3 is 2. The van der Waals surface area contributed by atoms with Gasteiger partial charge in [0.2, 0.25) is 11.8 Å². The quantitative estimate of drug-likeness (QED) is 0.354. The average molecular weight is 572 g/mol. The van der Waals surface area contributed by atoms with Crippen LogP contribution in [0.1, 0.15) is 25.0 Å². The highest BCUT2D eigenvalue weighted by atomic mass is 32.2. The summed E-state index contributed by atoms with van der Waals surface area (Å²) in [5, 5.41) is 2.72. The van der Waals surface area contributed by atoms with Crippen LogP contribution in [0.3, 0.4) is 0 Å². The molecule has 9 nitrogen and oxygen atoms in total. The standard InChI is InChI=1S/C29H34FN3O6S/c1-6-31-29(35)21(3)32(18-22-9-7-8-20(2)16-22)28(34)19-33(24-12-10-23(30)11-13-24)40(36,37)25-14-15-26(38-4)27(17-25)39-5/h7-17,21H,6,18-19H2,1-5H3,(H,31,35). The zero-order valence-corrected chi connectivity index (χ0v) is 24.0. The number of aryl methyl sites for hydroxylation is 1. The fourth-order valence-corrected chi connectivity index (χ4v) is 5.58. The van der Waals surface area contributed by atoms with Crippen molar-refractivity contribution >= 4 is 27.5 Å². The van der Waals surface area contributed by atoms with Gasteiger partial charge >= 0.3 is 0 Å². The van der Waals surface area contributed by atoms with E-state index in [1.807, 2.05) is 31.2 Å². The molecule has 0 fully saturated rings. The molecule has 11 heteroatoms. The number of nitrogens with one attached hydrogen (secondary N) is 1. The van der Waals surface area contributed by atoms with Crippen LogP contribution in [0.5, 0.6) is 11.5 Å². The van der Waals surface area contributed by atoms with Crippen molar-refractivity contribution in [2.75, 3.05) is 31.6 Å². The van der Waals surface area contributed by atoms with E-state index in [1.54, 1.807) is 13.8 Å².